The van der Waals surface area contributed by atoms with Gasteiger partial charge in [-0.2, -0.15) is 0 Å². The second-order valence-corrected chi connectivity index (χ2v) is 24.5. The molecule has 1 aromatic carbocycles. The summed E-state index contributed by atoms with van der Waals surface area (Å²) in [5.74, 6) is 8.88. The van der Waals surface area contributed by atoms with Crippen molar-refractivity contribution in [3.8, 4) is 11.8 Å². The number of aliphatic hydroxyl groups is 2. The van der Waals surface area contributed by atoms with Gasteiger partial charge in [0.05, 0.1) is 24.7 Å². The van der Waals surface area contributed by atoms with Crippen LogP contribution in [0.1, 0.15) is 174 Å². The Morgan fingerprint density at radius 2 is 1.54 bits per heavy atom. The number of rotatable bonds is 10. The highest BCUT2D eigenvalue weighted by atomic mass is 16.6. The smallest absolute Gasteiger partial charge is 0.309 e. The van der Waals surface area contributed by atoms with Crippen LogP contribution in [0.4, 0.5) is 0 Å². The van der Waals surface area contributed by atoms with Gasteiger partial charge in [-0.1, -0.05) is 90.0 Å². The lowest BCUT2D eigenvalue weighted by atomic mass is 9.18. The predicted molar refractivity (Wildman–Crippen MR) is 239 cm³/mol. The zero-order valence-electron chi connectivity index (χ0n) is 38.9. The predicted octanol–water partition coefficient (Wildman–Crippen LogP) is 11.2. The van der Waals surface area contributed by atoms with Crippen molar-refractivity contribution in [2.24, 2.45) is 78.8 Å². The number of benzene rings is 1. The van der Waals surface area contributed by atoms with E-state index in [1.807, 2.05) is 0 Å². The molecule has 15 unspecified atom stereocenters. The van der Waals surface area contributed by atoms with Crippen molar-refractivity contribution >= 4 is 5.97 Å². The van der Waals surface area contributed by atoms with E-state index in [1.54, 1.807) is 7.11 Å². The van der Waals surface area contributed by atoms with Gasteiger partial charge in [0.25, 0.3) is 0 Å². The maximum Gasteiger partial charge on any atom is 0.309 e. The molecule has 61 heavy (non-hydrogen) atoms. The lowest BCUT2D eigenvalue weighted by Crippen LogP contribution is -2.82. The molecule has 0 aromatic heterocycles. The minimum absolute atomic E-state index is 0.0307. The van der Waals surface area contributed by atoms with Gasteiger partial charge in [0.1, 0.15) is 0 Å². The number of carboxylic acid groups (broad SMARTS) is 1. The van der Waals surface area contributed by atoms with E-state index in [2.05, 4.69) is 70.7 Å². The molecule has 0 amide bonds. The van der Waals surface area contributed by atoms with E-state index in [4.69, 9.17) is 9.47 Å². The van der Waals surface area contributed by atoms with Crippen molar-refractivity contribution in [3.05, 3.63) is 35.4 Å². The van der Waals surface area contributed by atoms with Crippen molar-refractivity contribution in [1.82, 2.24) is 0 Å². The molecular weight excluding hydrogens is 757 g/mol. The minimum atomic E-state index is -1.21. The highest BCUT2D eigenvalue weighted by Crippen LogP contribution is 2.91. The quantitative estimate of drug-likeness (QED) is 0.203. The molecule has 9 aliphatic rings. The van der Waals surface area contributed by atoms with Crippen molar-refractivity contribution in [3.63, 3.8) is 0 Å². The summed E-state index contributed by atoms with van der Waals surface area (Å²) in [5.41, 5.74) is 0.179. The molecule has 1 aliphatic heterocycles. The third-order valence-corrected chi connectivity index (χ3v) is 23.1. The molecule has 15 atom stereocenters. The number of ether oxygens (including phenoxy) is 2. The van der Waals surface area contributed by atoms with E-state index < -0.39 is 28.0 Å². The van der Waals surface area contributed by atoms with E-state index in [1.165, 1.54) is 62.5 Å². The average molecular weight is 837 g/mol. The number of hydrogen-bond donors (Lipinski definition) is 3. The monoisotopic (exact) mass is 837 g/mol. The van der Waals surface area contributed by atoms with Crippen LogP contribution in [0.5, 0.6) is 0 Å². The first-order chi connectivity index (χ1) is 29.1. The number of methoxy groups -OCH3 is 1. The average Bonchev–Trinajstić information content (AvgIpc) is 3.81. The van der Waals surface area contributed by atoms with E-state index in [-0.39, 0.29) is 51.6 Å². The molecule has 0 radical (unpaired) electrons. The summed E-state index contributed by atoms with van der Waals surface area (Å²) >= 11 is 0. The lowest BCUT2D eigenvalue weighted by molar-refractivity contribution is -0.378. The normalized spacial score (nSPS) is 50.8. The highest BCUT2D eigenvalue weighted by molar-refractivity contribution is 5.74. The number of fused-ring (bicyclic) bond motifs is 2. The molecule has 8 aliphatic carbocycles. The summed E-state index contributed by atoms with van der Waals surface area (Å²) in [6.45, 7) is 13.1. The Morgan fingerprint density at radius 3 is 2.26 bits per heavy atom. The van der Waals surface area contributed by atoms with Gasteiger partial charge in [-0.25, -0.2) is 0 Å². The fraction of sp³-hybridized carbons (Fsp3) is 0.836. The van der Waals surface area contributed by atoms with Crippen LogP contribution in [0.15, 0.2) is 24.3 Å². The van der Waals surface area contributed by atoms with E-state index in [0.29, 0.717) is 30.8 Å². The van der Waals surface area contributed by atoms with Crippen LogP contribution < -0.4 is 0 Å². The maximum absolute atomic E-state index is 13.3. The zero-order valence-corrected chi connectivity index (χ0v) is 38.9. The minimum Gasteiger partial charge on any atom is -0.481 e. The van der Waals surface area contributed by atoms with Crippen LogP contribution in [0.25, 0.3) is 0 Å². The molecule has 336 valence electrons. The first-order valence-electron chi connectivity index (χ1n) is 25.4. The van der Waals surface area contributed by atoms with E-state index >= 15 is 0 Å². The number of hydrogen-bond acceptors (Lipinski definition) is 5. The fourth-order valence-electron chi connectivity index (χ4n) is 19.6. The van der Waals surface area contributed by atoms with Crippen LogP contribution in [-0.4, -0.2) is 53.5 Å². The van der Waals surface area contributed by atoms with E-state index in [0.717, 1.165) is 89.4 Å². The second-order valence-electron chi connectivity index (χ2n) is 24.5. The van der Waals surface area contributed by atoms with Gasteiger partial charge in [0, 0.05) is 42.1 Å². The highest BCUT2D eigenvalue weighted by Gasteiger charge is 2.89. The molecule has 6 heteroatoms. The molecule has 10 rings (SSSR count). The fourth-order valence-corrected chi connectivity index (χ4v) is 19.6. The molecule has 3 N–H and O–H groups in total. The number of carboxylic acids is 1. The Balaban J connectivity index is 1.14. The van der Waals surface area contributed by atoms with Crippen molar-refractivity contribution < 1.29 is 29.6 Å². The lowest BCUT2D eigenvalue weighted by Gasteiger charge is -2.85. The summed E-state index contributed by atoms with van der Waals surface area (Å²) < 4.78 is 12.6. The van der Waals surface area contributed by atoms with Crippen LogP contribution >= 0.6 is 0 Å². The van der Waals surface area contributed by atoms with Gasteiger partial charge in [-0.15, -0.1) is 5.92 Å². The van der Waals surface area contributed by atoms with Crippen molar-refractivity contribution in [2.45, 2.75) is 188 Å². The van der Waals surface area contributed by atoms with Crippen molar-refractivity contribution in [2.75, 3.05) is 20.3 Å². The van der Waals surface area contributed by atoms with E-state index in [9.17, 15) is 20.1 Å². The molecular formula is C55H80O6. The Bertz CT molecular complexity index is 1930. The first kappa shape index (κ1) is 43.0. The van der Waals surface area contributed by atoms with Crippen LogP contribution in [0.2, 0.25) is 0 Å². The molecule has 1 saturated heterocycles. The Labute approximate surface area is 368 Å². The van der Waals surface area contributed by atoms with Crippen LogP contribution in [0.3, 0.4) is 0 Å². The Hall–Kier alpha value is -1.91. The molecule has 2 spiro atoms. The van der Waals surface area contributed by atoms with Gasteiger partial charge in [0.2, 0.25) is 0 Å². The summed E-state index contributed by atoms with van der Waals surface area (Å²) in [5, 5.41) is 36.5. The van der Waals surface area contributed by atoms with Gasteiger partial charge in [-0.3, -0.25) is 4.79 Å². The topological polar surface area (TPSA) is 96.2 Å². The molecule has 1 heterocycles. The van der Waals surface area contributed by atoms with Gasteiger partial charge in [0.15, 0.2) is 5.79 Å². The third-order valence-electron chi connectivity index (χ3n) is 23.1. The standard InChI is InChI=1S/C55H80O6/c1-37-53-30-29-52-23-9-12-39(14-13-38-10-7-8-11-38)21-24-51(44-35-48(3,46(57)58)26-25-47(44,2)27-28-49(51,52)4)33-42-19-20-43(54(53,36-56)50(42,52)5)34-55(37,59)61-45(53)32-41-17-15-40(16-18-41)22-31-60-6/h15-18,37-39,42-45,56,59H,7-8,10-14,19-22,24-36H2,1-6H3,(H,57,58). The zero-order chi connectivity index (χ0) is 42.9. The Kier molecular flexibility index (Phi) is 10.3. The molecule has 8 fully saturated rings. The van der Waals surface area contributed by atoms with Gasteiger partial charge >= 0.3 is 5.97 Å². The Morgan fingerprint density at radius 1 is 0.836 bits per heavy atom. The molecule has 6 nitrogen and oxygen atoms in total. The number of aliphatic hydroxyl groups excluding tert-OH is 1. The van der Waals surface area contributed by atoms with Crippen LogP contribution in [0, 0.1) is 90.7 Å². The molecule has 4 bridgehead atoms. The number of carbonyl (C=O) groups is 1. The first-order valence-corrected chi connectivity index (χ1v) is 25.4. The van der Waals surface area contributed by atoms with Crippen LogP contribution in [-0.2, 0) is 27.1 Å². The molecule has 1 aromatic rings. The SMILES string of the molecule is COCCc1ccc(CC2OC3(O)CC4CCC5CC67CCC(CCC8CCCC8)CC#CC8(CCC2(C3C)C4(CO)C58C)C6(C)CCC2(C)CCC(C)(C(=O)O)CC27)cc1. The largest absolute Gasteiger partial charge is 0.481 e. The van der Waals surface area contributed by atoms with Gasteiger partial charge in [-0.05, 0) is 166 Å². The summed E-state index contributed by atoms with van der Waals surface area (Å²) in [6.07, 6.45) is 23.3. The summed E-state index contributed by atoms with van der Waals surface area (Å²) in [7, 11) is 1.76. The van der Waals surface area contributed by atoms with Gasteiger partial charge < -0.3 is 24.8 Å². The van der Waals surface area contributed by atoms with Crippen molar-refractivity contribution in [1.29, 1.82) is 0 Å². The summed E-state index contributed by atoms with van der Waals surface area (Å²) in [6, 6.07) is 8.99. The molecule has 7 saturated carbocycles. The maximum atomic E-state index is 13.3. The second kappa shape index (κ2) is 14.5. The third kappa shape index (κ3) is 5.45. The summed E-state index contributed by atoms with van der Waals surface area (Å²) in [4.78, 5) is 13.3. The number of aliphatic carboxylic acids is 1.